The highest BCUT2D eigenvalue weighted by Gasteiger charge is 2.23. The van der Waals surface area contributed by atoms with Gasteiger partial charge < -0.3 is 19.4 Å². The number of rotatable bonds is 4. The van der Waals surface area contributed by atoms with Gasteiger partial charge in [0.15, 0.2) is 4.77 Å². The highest BCUT2D eigenvalue weighted by atomic mass is 32.1. The van der Waals surface area contributed by atoms with E-state index in [-0.39, 0.29) is 18.3 Å². The zero-order valence-electron chi connectivity index (χ0n) is 17.2. The number of nitrogens with zero attached hydrogens (tertiary/aromatic N) is 5. The molecule has 0 unspecified atom stereocenters. The molecule has 1 aliphatic rings. The van der Waals surface area contributed by atoms with Crippen molar-refractivity contribution in [3.05, 3.63) is 71.8 Å². The topological polar surface area (TPSA) is 70.1 Å². The maximum Gasteiger partial charge on any atom is 0.242 e. The molecule has 0 radical (unpaired) electrons. The number of carbonyl (C=O) groups is 1. The van der Waals surface area contributed by atoms with Crippen molar-refractivity contribution < 1.29 is 9.18 Å². The molecule has 162 valence electrons. The van der Waals surface area contributed by atoms with Gasteiger partial charge in [0.05, 0.1) is 0 Å². The number of H-pyrrole nitrogens is 1. The molecular weight excluding hydrogens is 427 g/mol. The Morgan fingerprint density at radius 1 is 1.12 bits per heavy atom. The first-order valence-corrected chi connectivity index (χ1v) is 10.8. The maximum absolute atomic E-state index is 14.0. The molecule has 5 rings (SSSR count). The number of anilines is 1. The molecular formula is C23H21FN6OS. The third-order valence-corrected chi connectivity index (χ3v) is 5.97. The van der Waals surface area contributed by atoms with Gasteiger partial charge in [0.2, 0.25) is 5.91 Å². The third kappa shape index (κ3) is 3.99. The molecule has 0 atom stereocenters. The lowest BCUT2D eigenvalue weighted by Crippen LogP contribution is -2.49. The van der Waals surface area contributed by atoms with Crippen molar-refractivity contribution in [2.24, 2.45) is 0 Å². The van der Waals surface area contributed by atoms with E-state index in [0.717, 1.165) is 27.8 Å². The normalized spacial score (nSPS) is 14.2. The van der Waals surface area contributed by atoms with Gasteiger partial charge in [-0.2, -0.15) is 0 Å². The number of hydrogen-bond donors (Lipinski definition) is 1. The number of aromatic nitrogens is 4. The lowest BCUT2D eigenvalue weighted by molar-refractivity contribution is -0.132. The van der Waals surface area contributed by atoms with Crippen molar-refractivity contribution >= 4 is 34.8 Å². The van der Waals surface area contributed by atoms with Gasteiger partial charge >= 0.3 is 0 Å². The zero-order valence-corrected chi connectivity index (χ0v) is 18.1. The second-order valence-corrected chi connectivity index (χ2v) is 8.08. The first kappa shape index (κ1) is 20.3. The first-order chi connectivity index (χ1) is 15.6. The van der Waals surface area contributed by atoms with Crippen molar-refractivity contribution in [1.29, 1.82) is 0 Å². The Bertz CT molecular complexity index is 1320. The average molecular weight is 449 g/mol. The third-order valence-electron chi connectivity index (χ3n) is 5.74. The van der Waals surface area contributed by atoms with Crippen LogP contribution in [-0.4, -0.2) is 56.5 Å². The summed E-state index contributed by atoms with van der Waals surface area (Å²) in [6, 6.07) is 10.6. The van der Waals surface area contributed by atoms with E-state index in [1.807, 2.05) is 33.9 Å². The molecule has 0 spiro atoms. The Labute approximate surface area is 189 Å². The van der Waals surface area contributed by atoms with Crippen LogP contribution in [0.15, 0.2) is 61.2 Å². The molecule has 1 fully saturated rings. The Balaban J connectivity index is 1.30. The van der Waals surface area contributed by atoms with Gasteiger partial charge in [0, 0.05) is 73.2 Å². The van der Waals surface area contributed by atoms with E-state index >= 15 is 0 Å². The molecule has 0 saturated carbocycles. The Morgan fingerprint density at radius 3 is 2.75 bits per heavy atom. The van der Waals surface area contributed by atoms with Crippen LogP contribution in [0.4, 0.5) is 10.1 Å². The van der Waals surface area contributed by atoms with E-state index in [4.69, 9.17) is 12.2 Å². The zero-order chi connectivity index (χ0) is 22.1. The minimum absolute atomic E-state index is 0.0620. The SMILES string of the molecule is O=C(Cn1ccc2cccnc21)N1CCN(c2ccc(F)cc2-c2cnc(=S)[nH]c2)CC1. The number of hydrogen-bond acceptors (Lipinski definition) is 5. The molecule has 1 saturated heterocycles. The number of piperazine rings is 1. The van der Waals surface area contributed by atoms with E-state index in [9.17, 15) is 9.18 Å². The van der Waals surface area contributed by atoms with Crippen LogP contribution in [0.25, 0.3) is 22.2 Å². The van der Waals surface area contributed by atoms with Crippen LogP contribution in [0.1, 0.15) is 0 Å². The summed E-state index contributed by atoms with van der Waals surface area (Å²) in [7, 11) is 0. The maximum atomic E-state index is 14.0. The fraction of sp³-hybridized carbons (Fsp3) is 0.217. The van der Waals surface area contributed by atoms with Gasteiger partial charge in [-0.15, -0.1) is 0 Å². The standard InChI is InChI=1S/C23H21FN6OS/c24-18-3-4-20(19(12-18)17-13-26-23(32)27-14-17)28-8-10-29(11-9-28)21(31)15-30-7-5-16-2-1-6-25-22(16)30/h1-7,12-14H,8-11,15H2,(H,26,27,32). The summed E-state index contributed by atoms with van der Waals surface area (Å²) in [4.78, 5) is 28.4. The summed E-state index contributed by atoms with van der Waals surface area (Å²) in [6.45, 7) is 2.77. The molecule has 4 aromatic rings. The second-order valence-electron chi connectivity index (χ2n) is 7.70. The molecule has 1 aliphatic heterocycles. The fourth-order valence-corrected chi connectivity index (χ4v) is 4.21. The number of carbonyl (C=O) groups excluding carboxylic acids is 1. The molecule has 32 heavy (non-hydrogen) atoms. The lowest BCUT2D eigenvalue weighted by atomic mass is 10.0. The lowest BCUT2D eigenvalue weighted by Gasteiger charge is -2.37. The Hall–Kier alpha value is -3.59. The Kier molecular flexibility index (Phi) is 5.40. The summed E-state index contributed by atoms with van der Waals surface area (Å²) in [5, 5.41) is 1.02. The molecule has 4 heterocycles. The molecule has 1 N–H and O–H groups in total. The number of aromatic amines is 1. The van der Waals surface area contributed by atoms with Crippen LogP contribution in [0.5, 0.6) is 0 Å². The molecule has 0 aliphatic carbocycles. The highest BCUT2D eigenvalue weighted by Crippen LogP contribution is 2.31. The van der Waals surface area contributed by atoms with Crippen LogP contribution in [0, 0.1) is 10.6 Å². The van der Waals surface area contributed by atoms with E-state index in [2.05, 4.69) is 19.9 Å². The van der Waals surface area contributed by atoms with Crippen molar-refractivity contribution in [3.8, 4) is 11.1 Å². The predicted octanol–water partition coefficient (Wildman–Crippen LogP) is 3.64. The van der Waals surface area contributed by atoms with Gasteiger partial charge in [0.1, 0.15) is 18.0 Å². The molecule has 0 bridgehead atoms. The number of halogens is 1. The quantitative estimate of drug-likeness (QED) is 0.483. The van der Waals surface area contributed by atoms with E-state index in [0.29, 0.717) is 31.0 Å². The summed E-state index contributed by atoms with van der Waals surface area (Å²) >= 11 is 5.02. The van der Waals surface area contributed by atoms with Gasteiger partial charge in [0.25, 0.3) is 0 Å². The largest absolute Gasteiger partial charge is 0.367 e. The summed E-state index contributed by atoms with van der Waals surface area (Å²) in [5.74, 6) is -0.250. The van der Waals surface area contributed by atoms with Crippen molar-refractivity contribution in [3.63, 3.8) is 0 Å². The smallest absolute Gasteiger partial charge is 0.242 e. The minimum atomic E-state index is -0.312. The van der Waals surface area contributed by atoms with Gasteiger partial charge in [-0.3, -0.25) is 4.79 Å². The summed E-state index contributed by atoms with van der Waals surface area (Å²) in [5.41, 5.74) is 3.23. The molecule has 1 amide bonds. The summed E-state index contributed by atoms with van der Waals surface area (Å²) < 4.78 is 16.3. The number of pyridine rings is 1. The minimum Gasteiger partial charge on any atom is -0.367 e. The first-order valence-electron chi connectivity index (χ1n) is 10.4. The van der Waals surface area contributed by atoms with E-state index < -0.39 is 0 Å². The predicted molar refractivity (Wildman–Crippen MR) is 123 cm³/mol. The van der Waals surface area contributed by atoms with Crippen LogP contribution in [0.3, 0.4) is 0 Å². The van der Waals surface area contributed by atoms with Crippen LogP contribution in [0.2, 0.25) is 0 Å². The monoisotopic (exact) mass is 448 g/mol. The summed E-state index contributed by atoms with van der Waals surface area (Å²) in [6.07, 6.45) is 7.02. The van der Waals surface area contributed by atoms with Crippen LogP contribution >= 0.6 is 12.2 Å². The molecule has 3 aromatic heterocycles. The second kappa shape index (κ2) is 8.51. The number of benzene rings is 1. The van der Waals surface area contributed by atoms with Gasteiger partial charge in [-0.1, -0.05) is 0 Å². The van der Waals surface area contributed by atoms with E-state index in [1.54, 1.807) is 24.7 Å². The fourth-order valence-electron chi connectivity index (χ4n) is 4.10. The number of fused-ring (bicyclic) bond motifs is 1. The number of amides is 1. The van der Waals surface area contributed by atoms with Crippen molar-refractivity contribution in [2.75, 3.05) is 31.1 Å². The van der Waals surface area contributed by atoms with Crippen molar-refractivity contribution in [2.45, 2.75) is 6.54 Å². The van der Waals surface area contributed by atoms with Crippen molar-refractivity contribution in [1.82, 2.24) is 24.4 Å². The highest BCUT2D eigenvalue weighted by molar-refractivity contribution is 7.71. The average Bonchev–Trinajstić information content (AvgIpc) is 3.22. The molecule has 7 nitrogen and oxygen atoms in total. The Morgan fingerprint density at radius 2 is 1.97 bits per heavy atom. The number of nitrogens with one attached hydrogen (secondary N) is 1. The van der Waals surface area contributed by atoms with E-state index in [1.165, 1.54) is 12.1 Å². The van der Waals surface area contributed by atoms with Crippen LogP contribution < -0.4 is 4.90 Å². The van der Waals surface area contributed by atoms with Gasteiger partial charge in [-0.25, -0.2) is 14.4 Å². The molecule has 1 aromatic carbocycles. The van der Waals surface area contributed by atoms with Gasteiger partial charge in [-0.05, 0) is 48.6 Å². The van der Waals surface area contributed by atoms with Crippen LogP contribution in [-0.2, 0) is 11.3 Å². The molecule has 9 heteroatoms.